The lowest BCUT2D eigenvalue weighted by Gasteiger charge is -2.18. The summed E-state index contributed by atoms with van der Waals surface area (Å²) in [5.74, 6) is 4.45. The second kappa shape index (κ2) is 4.44. The minimum absolute atomic E-state index is 0.708. The number of nitrogens with zero attached hydrogens (tertiary/aromatic N) is 4. The van der Waals surface area contributed by atoms with E-state index in [-0.39, 0.29) is 0 Å². The van der Waals surface area contributed by atoms with E-state index in [2.05, 4.69) is 37.3 Å². The number of hydrogen-bond acceptors (Lipinski definition) is 5. The Morgan fingerprint density at radius 3 is 2.70 bits per heavy atom. The van der Waals surface area contributed by atoms with E-state index >= 15 is 0 Å². The van der Waals surface area contributed by atoms with E-state index in [9.17, 15) is 0 Å². The molecule has 2 unspecified atom stereocenters. The fourth-order valence-electron chi connectivity index (χ4n) is 2.93. The van der Waals surface area contributed by atoms with Crippen LogP contribution in [0.2, 0.25) is 0 Å². The maximum Gasteiger partial charge on any atom is 0.163 e. The van der Waals surface area contributed by atoms with Crippen molar-refractivity contribution < 1.29 is 0 Å². The molecule has 0 spiro atoms. The molecule has 3 heterocycles. The summed E-state index contributed by atoms with van der Waals surface area (Å²) < 4.78 is 0. The number of hydrogen-bond donors (Lipinski definition) is 1. The van der Waals surface area contributed by atoms with Crippen LogP contribution in [0, 0.1) is 11.8 Å². The van der Waals surface area contributed by atoms with Crippen LogP contribution in [0.15, 0.2) is 30.6 Å². The van der Waals surface area contributed by atoms with Crippen molar-refractivity contribution in [1.29, 1.82) is 0 Å². The largest absolute Gasteiger partial charge is 0.373 e. The van der Waals surface area contributed by atoms with Crippen molar-refractivity contribution >= 4 is 11.6 Å². The highest BCUT2D eigenvalue weighted by atomic mass is 15.2. The average Bonchev–Trinajstić information content (AvgIpc) is 3.13. The summed E-state index contributed by atoms with van der Waals surface area (Å²) in [6.07, 6.45) is 5.04. The van der Waals surface area contributed by atoms with Gasteiger partial charge in [0.15, 0.2) is 5.82 Å². The minimum Gasteiger partial charge on any atom is -0.373 e. The van der Waals surface area contributed by atoms with Gasteiger partial charge in [0.25, 0.3) is 0 Å². The number of fused-ring (bicyclic) bond motifs is 1. The molecule has 2 aliphatic rings. The molecule has 0 bridgehead atoms. The van der Waals surface area contributed by atoms with Crippen molar-refractivity contribution in [3.8, 4) is 11.4 Å². The summed E-state index contributed by atoms with van der Waals surface area (Å²) in [5, 5.41) is 3.02. The van der Waals surface area contributed by atoms with Crippen LogP contribution in [0.4, 0.5) is 11.6 Å². The fraction of sp³-hybridized carbons (Fsp3) is 0.400. The Morgan fingerprint density at radius 2 is 2.00 bits per heavy atom. The SMILES string of the molecule is CNc1ccnc(-c2ccc(N3CC4CC4C3)nc2)n1. The predicted octanol–water partition coefficient (Wildman–Crippen LogP) is 2.04. The molecule has 1 saturated heterocycles. The Morgan fingerprint density at radius 1 is 1.15 bits per heavy atom. The monoisotopic (exact) mass is 267 g/mol. The third kappa shape index (κ3) is 1.99. The zero-order valence-corrected chi connectivity index (χ0v) is 11.5. The van der Waals surface area contributed by atoms with E-state index in [0.717, 1.165) is 29.0 Å². The molecule has 20 heavy (non-hydrogen) atoms. The molecule has 2 aromatic heterocycles. The van der Waals surface area contributed by atoms with Gasteiger partial charge in [0.2, 0.25) is 0 Å². The zero-order chi connectivity index (χ0) is 13.5. The van der Waals surface area contributed by atoms with Crippen molar-refractivity contribution in [2.24, 2.45) is 11.8 Å². The third-order valence-corrected chi connectivity index (χ3v) is 4.22. The molecule has 1 saturated carbocycles. The first-order valence-corrected chi connectivity index (χ1v) is 7.05. The summed E-state index contributed by atoms with van der Waals surface area (Å²) in [6.45, 7) is 2.34. The van der Waals surface area contributed by atoms with Gasteiger partial charge in [-0.25, -0.2) is 15.0 Å². The van der Waals surface area contributed by atoms with Crippen LogP contribution in [-0.2, 0) is 0 Å². The molecule has 0 amide bonds. The predicted molar refractivity (Wildman–Crippen MR) is 78.6 cm³/mol. The zero-order valence-electron chi connectivity index (χ0n) is 11.5. The molecule has 2 atom stereocenters. The maximum absolute atomic E-state index is 4.57. The number of anilines is 2. The van der Waals surface area contributed by atoms with Crippen molar-refractivity contribution in [2.45, 2.75) is 6.42 Å². The summed E-state index contributed by atoms with van der Waals surface area (Å²) >= 11 is 0. The number of aromatic nitrogens is 3. The summed E-state index contributed by atoms with van der Waals surface area (Å²) in [7, 11) is 1.85. The van der Waals surface area contributed by atoms with Gasteiger partial charge in [-0.2, -0.15) is 0 Å². The van der Waals surface area contributed by atoms with Crippen LogP contribution >= 0.6 is 0 Å². The average molecular weight is 267 g/mol. The van der Waals surface area contributed by atoms with Gasteiger partial charge in [-0.1, -0.05) is 0 Å². The van der Waals surface area contributed by atoms with Crippen LogP contribution in [0.1, 0.15) is 6.42 Å². The topological polar surface area (TPSA) is 53.9 Å². The number of nitrogens with one attached hydrogen (secondary N) is 1. The van der Waals surface area contributed by atoms with Gasteiger partial charge < -0.3 is 10.2 Å². The summed E-state index contributed by atoms with van der Waals surface area (Å²) in [5.41, 5.74) is 0.954. The lowest BCUT2D eigenvalue weighted by Crippen LogP contribution is -2.22. The Balaban J connectivity index is 1.57. The number of pyridine rings is 1. The van der Waals surface area contributed by atoms with Gasteiger partial charge in [0.1, 0.15) is 11.6 Å². The van der Waals surface area contributed by atoms with E-state index in [1.54, 1.807) is 6.20 Å². The Kier molecular flexibility index (Phi) is 2.58. The molecule has 0 radical (unpaired) electrons. The van der Waals surface area contributed by atoms with E-state index < -0.39 is 0 Å². The third-order valence-electron chi connectivity index (χ3n) is 4.22. The van der Waals surface area contributed by atoms with E-state index in [0.29, 0.717) is 5.82 Å². The highest BCUT2D eigenvalue weighted by Gasteiger charge is 2.45. The lowest BCUT2D eigenvalue weighted by atomic mass is 10.2. The van der Waals surface area contributed by atoms with Crippen LogP contribution in [0.3, 0.4) is 0 Å². The van der Waals surface area contributed by atoms with Gasteiger partial charge in [0, 0.05) is 38.1 Å². The van der Waals surface area contributed by atoms with Crippen molar-refractivity contribution in [3.63, 3.8) is 0 Å². The molecular formula is C15H17N5. The number of rotatable bonds is 3. The van der Waals surface area contributed by atoms with Crippen molar-refractivity contribution in [1.82, 2.24) is 15.0 Å². The highest BCUT2D eigenvalue weighted by molar-refractivity contribution is 5.58. The molecular weight excluding hydrogens is 250 g/mol. The second-order valence-electron chi connectivity index (χ2n) is 5.58. The summed E-state index contributed by atoms with van der Waals surface area (Å²) in [6, 6.07) is 5.98. The van der Waals surface area contributed by atoms with Crippen molar-refractivity contribution in [3.05, 3.63) is 30.6 Å². The quantitative estimate of drug-likeness (QED) is 0.922. The Bertz CT molecular complexity index is 614. The normalized spacial score (nSPS) is 23.6. The number of piperidine rings is 1. The van der Waals surface area contributed by atoms with Gasteiger partial charge in [-0.15, -0.1) is 0 Å². The molecule has 1 aliphatic carbocycles. The van der Waals surface area contributed by atoms with E-state index in [1.165, 1.54) is 19.5 Å². The first-order chi connectivity index (χ1) is 9.83. The smallest absolute Gasteiger partial charge is 0.163 e. The van der Waals surface area contributed by atoms with Crippen LogP contribution in [0.5, 0.6) is 0 Å². The highest BCUT2D eigenvalue weighted by Crippen LogP contribution is 2.45. The summed E-state index contributed by atoms with van der Waals surface area (Å²) in [4.78, 5) is 15.7. The fourth-order valence-corrected chi connectivity index (χ4v) is 2.93. The standard InChI is InChI=1S/C15H17N5/c1-16-13-4-5-17-15(19-13)10-2-3-14(18-7-10)20-8-11-6-12(11)9-20/h2-5,7,11-12H,6,8-9H2,1H3,(H,16,17,19). The van der Waals surface area contributed by atoms with Crippen LogP contribution in [0.25, 0.3) is 11.4 Å². The molecule has 102 valence electrons. The minimum atomic E-state index is 0.708. The Labute approximate surface area is 118 Å². The molecule has 1 aliphatic heterocycles. The van der Waals surface area contributed by atoms with Gasteiger partial charge >= 0.3 is 0 Å². The molecule has 2 aromatic rings. The second-order valence-corrected chi connectivity index (χ2v) is 5.58. The lowest BCUT2D eigenvalue weighted by molar-refractivity contribution is 0.805. The maximum atomic E-state index is 4.57. The molecule has 1 N–H and O–H groups in total. The Hall–Kier alpha value is -2.17. The molecule has 4 rings (SSSR count). The van der Waals surface area contributed by atoms with Crippen LogP contribution in [-0.4, -0.2) is 35.1 Å². The van der Waals surface area contributed by atoms with E-state index in [4.69, 9.17) is 0 Å². The first-order valence-electron chi connectivity index (χ1n) is 7.05. The van der Waals surface area contributed by atoms with Gasteiger partial charge in [-0.3, -0.25) is 0 Å². The van der Waals surface area contributed by atoms with Gasteiger partial charge in [-0.05, 0) is 36.5 Å². The molecule has 2 fully saturated rings. The molecule has 0 aromatic carbocycles. The molecule has 5 heteroatoms. The van der Waals surface area contributed by atoms with Crippen molar-refractivity contribution in [2.75, 3.05) is 30.4 Å². The van der Waals surface area contributed by atoms with E-state index in [1.807, 2.05) is 19.3 Å². The first kappa shape index (κ1) is 11.6. The van der Waals surface area contributed by atoms with Crippen LogP contribution < -0.4 is 10.2 Å². The molecule has 5 nitrogen and oxygen atoms in total. The van der Waals surface area contributed by atoms with Gasteiger partial charge in [0.05, 0.1) is 0 Å².